The van der Waals surface area contributed by atoms with Crippen LogP contribution in [0.25, 0.3) is 21.3 Å². The number of thiazole rings is 1. The molecule has 4 bridgehead atoms. The van der Waals surface area contributed by atoms with E-state index in [9.17, 15) is 14.4 Å². The molecule has 70 heavy (non-hydrogen) atoms. The number of hydrogen-bond donors (Lipinski definition) is 3. The van der Waals surface area contributed by atoms with Gasteiger partial charge in [-0.3, -0.25) is 19.1 Å². The summed E-state index contributed by atoms with van der Waals surface area (Å²) < 4.78 is 10.4. The number of aromatic nitrogens is 6. The number of anilines is 4. The van der Waals surface area contributed by atoms with Crippen LogP contribution in [-0.4, -0.2) is 115 Å². The van der Waals surface area contributed by atoms with Gasteiger partial charge in [0.1, 0.15) is 11.5 Å². The van der Waals surface area contributed by atoms with Crippen molar-refractivity contribution in [3.05, 3.63) is 65.1 Å². The number of carbonyl (C=O) groups excluding carboxylic acids is 3. The molecular formula is C53H68N12O4S. The molecule has 2 saturated heterocycles. The van der Waals surface area contributed by atoms with Gasteiger partial charge in [-0.2, -0.15) is 5.10 Å². The summed E-state index contributed by atoms with van der Waals surface area (Å²) in [6.07, 6.45) is 14.6. The molecule has 4 saturated carbocycles. The van der Waals surface area contributed by atoms with E-state index in [1.807, 2.05) is 36.5 Å². The second-order valence-corrected chi connectivity index (χ2v) is 23.6. The number of pyridine rings is 1. The Balaban J connectivity index is 0.892. The largest absolute Gasteiger partial charge is 0.374 e. The number of carbonyl (C=O) groups is 3. The van der Waals surface area contributed by atoms with E-state index >= 15 is 0 Å². The highest BCUT2D eigenvalue weighted by Gasteiger charge is 2.66. The first-order valence-electron chi connectivity index (χ1n) is 25.7. The Morgan fingerprint density at radius 3 is 2.46 bits per heavy atom. The number of benzene rings is 1. The molecule has 12 rings (SSSR count). The van der Waals surface area contributed by atoms with Crippen molar-refractivity contribution in [3.8, 4) is 11.1 Å². The molecule has 2 unspecified atom stereocenters. The van der Waals surface area contributed by atoms with Gasteiger partial charge in [-0.1, -0.05) is 37.3 Å². The molecule has 3 amide bonds. The second kappa shape index (κ2) is 18.3. The quantitative estimate of drug-likeness (QED) is 0.0918. The Morgan fingerprint density at radius 2 is 1.67 bits per heavy atom. The number of hydrogen-bond acceptors (Lipinski definition) is 13. The van der Waals surface area contributed by atoms with Crippen molar-refractivity contribution in [2.75, 3.05) is 56.1 Å². The normalized spacial score (nSPS) is 27.3. The van der Waals surface area contributed by atoms with Gasteiger partial charge in [0, 0.05) is 79.6 Å². The van der Waals surface area contributed by atoms with Crippen molar-refractivity contribution in [2.45, 2.75) is 136 Å². The number of fused-ring (bicyclic) bond motifs is 2. The number of nitrogens with one attached hydrogen (secondary N) is 2. The van der Waals surface area contributed by atoms with Crippen LogP contribution in [-0.2, 0) is 27.3 Å². The molecule has 7 aliphatic rings. The van der Waals surface area contributed by atoms with Gasteiger partial charge in [-0.25, -0.2) is 9.97 Å². The molecule has 5 aromatic rings. The van der Waals surface area contributed by atoms with Gasteiger partial charge in [0.15, 0.2) is 16.8 Å². The summed E-state index contributed by atoms with van der Waals surface area (Å²) in [4.78, 5) is 55.8. The van der Waals surface area contributed by atoms with Crippen molar-refractivity contribution in [3.63, 3.8) is 0 Å². The number of para-hydroxylation sites is 1. The van der Waals surface area contributed by atoms with Crippen LogP contribution in [0.4, 0.5) is 22.6 Å². The molecule has 4 aliphatic carbocycles. The fourth-order valence-electron chi connectivity index (χ4n) is 14.6. The minimum Gasteiger partial charge on any atom is -0.374 e. The van der Waals surface area contributed by atoms with Gasteiger partial charge in [-0.05, 0) is 144 Å². The van der Waals surface area contributed by atoms with E-state index < -0.39 is 5.91 Å². The predicted octanol–water partition coefficient (Wildman–Crippen LogP) is 8.01. The predicted molar refractivity (Wildman–Crippen MR) is 271 cm³/mol. The first kappa shape index (κ1) is 46.8. The van der Waals surface area contributed by atoms with Gasteiger partial charge in [0.05, 0.1) is 28.6 Å². The van der Waals surface area contributed by atoms with Crippen LogP contribution in [0.3, 0.4) is 0 Å². The fraction of sp³-hybridized carbons (Fsp3) is 0.585. The van der Waals surface area contributed by atoms with E-state index in [1.165, 1.54) is 32.4 Å². The maximum absolute atomic E-state index is 14.9. The Labute approximate surface area is 414 Å². The van der Waals surface area contributed by atoms with Gasteiger partial charge in [0.2, 0.25) is 11.8 Å². The lowest BCUT2D eigenvalue weighted by Crippen LogP contribution is -2.64. The monoisotopic (exact) mass is 969 g/mol. The molecule has 0 radical (unpaired) electrons. The molecule has 3 aliphatic heterocycles. The molecule has 17 heteroatoms. The topological polar surface area (TPSA) is 190 Å². The Bertz CT molecular complexity index is 2790. The molecular weight excluding hydrogens is 901 g/mol. The summed E-state index contributed by atoms with van der Waals surface area (Å²) in [6.45, 7) is 15.8. The number of primary amides is 1. The number of ether oxygens (including phenoxy) is 1. The zero-order valence-corrected chi connectivity index (χ0v) is 42.1. The molecule has 7 heterocycles. The van der Waals surface area contributed by atoms with Crippen molar-refractivity contribution in [1.29, 1.82) is 0 Å². The molecule has 4 N–H and O–H groups in total. The number of rotatable bonds is 15. The van der Waals surface area contributed by atoms with Gasteiger partial charge < -0.3 is 35.8 Å². The van der Waals surface area contributed by atoms with E-state index in [0.717, 1.165) is 115 Å². The van der Waals surface area contributed by atoms with E-state index in [2.05, 4.69) is 64.0 Å². The van der Waals surface area contributed by atoms with Crippen LogP contribution in [0, 0.1) is 30.1 Å². The van der Waals surface area contributed by atoms with Crippen molar-refractivity contribution in [1.82, 2.24) is 45.1 Å². The molecule has 1 aromatic carbocycles. The van der Waals surface area contributed by atoms with E-state index in [0.29, 0.717) is 48.9 Å². The number of piperidine rings is 1. The van der Waals surface area contributed by atoms with Gasteiger partial charge in [-0.15, -0.1) is 10.2 Å². The fourth-order valence-corrected chi connectivity index (χ4v) is 15.5. The molecule has 16 nitrogen and oxygen atoms in total. The number of likely N-dealkylation sites (tertiary alicyclic amines) is 2. The van der Waals surface area contributed by atoms with Crippen LogP contribution in [0.1, 0.15) is 125 Å². The third-order valence-corrected chi connectivity index (χ3v) is 17.5. The first-order valence-corrected chi connectivity index (χ1v) is 26.5. The standard InChI is InChI=1S/C53H68N12O4S/c1-34-37-12-10-22-64(47(37)61-60-46(34)59-49-57-40-13-5-6-14-41(40)70-49)43-17-15-38(45(58-43)48(68)56-36-11-9-21-63(26-36)44(67)18-16-42(54)66)39-25-55-65(35(39)2)33-52-28-50(3)27-51(4,29-52)31-53(30-50,32-52)69-24-23-62-19-7-8-20-62/h5-6,13-15,17,25,36H,7-12,16,18-24,26-33H2,1-4H3,(H2,54,66)(H,56,68)(H,57,59,60)/t36-,50?,51?,52?,53?/m1/s1. The highest BCUT2D eigenvalue weighted by Crippen LogP contribution is 2.72. The summed E-state index contributed by atoms with van der Waals surface area (Å²) in [7, 11) is 0. The third kappa shape index (κ3) is 9.17. The third-order valence-electron chi connectivity index (χ3n) is 16.5. The Kier molecular flexibility index (Phi) is 12.2. The van der Waals surface area contributed by atoms with E-state index in [-0.39, 0.29) is 52.5 Å². The van der Waals surface area contributed by atoms with Crippen LogP contribution in [0.15, 0.2) is 42.6 Å². The van der Waals surface area contributed by atoms with Crippen LogP contribution >= 0.6 is 11.3 Å². The molecule has 370 valence electrons. The van der Waals surface area contributed by atoms with Crippen molar-refractivity contribution < 1.29 is 19.1 Å². The van der Waals surface area contributed by atoms with Gasteiger partial charge >= 0.3 is 0 Å². The highest BCUT2D eigenvalue weighted by molar-refractivity contribution is 7.22. The van der Waals surface area contributed by atoms with Crippen molar-refractivity contribution >= 4 is 61.9 Å². The summed E-state index contributed by atoms with van der Waals surface area (Å²) in [5.74, 6) is 1.04. The molecule has 4 aromatic heterocycles. The first-order chi connectivity index (χ1) is 33.7. The Morgan fingerprint density at radius 1 is 0.871 bits per heavy atom. The summed E-state index contributed by atoms with van der Waals surface area (Å²) in [5.41, 5.74) is 11.6. The zero-order chi connectivity index (χ0) is 48.4. The lowest BCUT2D eigenvalue weighted by atomic mass is 9.39. The minimum absolute atomic E-state index is 0.00274. The van der Waals surface area contributed by atoms with Crippen LogP contribution < -0.4 is 21.3 Å². The zero-order valence-electron chi connectivity index (χ0n) is 41.3. The van der Waals surface area contributed by atoms with Gasteiger partial charge in [0.25, 0.3) is 5.91 Å². The molecule has 6 fully saturated rings. The lowest BCUT2D eigenvalue weighted by Gasteiger charge is -2.69. The van der Waals surface area contributed by atoms with Crippen LogP contribution in [0.2, 0.25) is 0 Å². The highest BCUT2D eigenvalue weighted by atomic mass is 32.1. The number of nitrogens with two attached hydrogens (primary N) is 1. The minimum atomic E-state index is -0.505. The maximum atomic E-state index is 14.9. The second-order valence-electron chi connectivity index (χ2n) is 22.6. The van der Waals surface area contributed by atoms with E-state index in [1.54, 1.807) is 16.2 Å². The molecule has 0 spiro atoms. The van der Waals surface area contributed by atoms with E-state index in [4.69, 9.17) is 30.6 Å². The smallest absolute Gasteiger partial charge is 0.270 e. The summed E-state index contributed by atoms with van der Waals surface area (Å²) in [5, 5.41) is 22.1. The van der Waals surface area contributed by atoms with Crippen molar-refractivity contribution in [2.24, 2.45) is 22.0 Å². The Hall–Kier alpha value is -5.52. The summed E-state index contributed by atoms with van der Waals surface area (Å²) >= 11 is 1.58. The number of amides is 3. The van der Waals surface area contributed by atoms with Crippen LogP contribution in [0.5, 0.6) is 0 Å². The average Bonchev–Trinajstić information content (AvgIpc) is 4.08. The number of nitrogens with zero attached hydrogens (tertiary/aromatic N) is 9. The lowest BCUT2D eigenvalue weighted by molar-refractivity contribution is -0.248. The molecule has 3 atom stereocenters. The average molecular weight is 969 g/mol. The SMILES string of the molecule is Cc1c(Nc2nc3ccccc3s2)nnc2c1CCCN2c1ccc(-c2cnn(CC34CC5(C)CC(C)(C3)CC(OCCN3CCCC3)(C5)C4)c2C)c(C(=O)N[C@@H]2CCCN(C(=O)CCC(N)=O)C2)n1. The maximum Gasteiger partial charge on any atom is 0.270 e. The summed E-state index contributed by atoms with van der Waals surface area (Å²) in [6, 6.07) is 11.8.